The predicted molar refractivity (Wildman–Crippen MR) is 112 cm³/mol. The molecule has 10 heteroatoms. The minimum absolute atomic E-state index is 0.0784. The van der Waals surface area contributed by atoms with E-state index in [0.717, 1.165) is 10.0 Å². The Labute approximate surface area is 179 Å². The molecular formula is C17H14BrCl2N3O3S. The molecule has 0 aliphatic heterocycles. The van der Waals surface area contributed by atoms with Crippen molar-refractivity contribution in [1.82, 2.24) is 16.2 Å². The molecule has 0 bridgehead atoms. The van der Waals surface area contributed by atoms with Gasteiger partial charge in [0.1, 0.15) is 5.75 Å². The summed E-state index contributed by atoms with van der Waals surface area (Å²) >= 11 is 20.1. The van der Waals surface area contributed by atoms with E-state index >= 15 is 0 Å². The minimum Gasteiger partial charge on any atom is -0.482 e. The zero-order valence-corrected chi connectivity index (χ0v) is 17.9. The zero-order valence-electron chi connectivity index (χ0n) is 13.9. The second-order valence-corrected chi connectivity index (χ2v) is 7.39. The third-order valence-corrected chi connectivity index (χ3v) is 4.82. The largest absolute Gasteiger partial charge is 0.482 e. The number of nitrogens with one attached hydrogen (secondary N) is 3. The van der Waals surface area contributed by atoms with Crippen LogP contribution in [0.4, 0.5) is 0 Å². The number of hydrazine groups is 1. The summed E-state index contributed by atoms with van der Waals surface area (Å²) in [5.41, 5.74) is 6.27. The van der Waals surface area contributed by atoms with E-state index < -0.39 is 11.8 Å². The lowest BCUT2D eigenvalue weighted by molar-refractivity contribution is -0.121. The summed E-state index contributed by atoms with van der Waals surface area (Å²) in [6.45, 7) is 1.59. The molecule has 0 saturated heterocycles. The second-order valence-electron chi connectivity index (χ2n) is 5.28. The van der Waals surface area contributed by atoms with Crippen LogP contribution in [0.15, 0.2) is 40.9 Å². The number of amides is 2. The number of ether oxygens (including phenoxy) is 1. The van der Waals surface area contributed by atoms with Crippen LogP contribution in [0.1, 0.15) is 15.9 Å². The highest BCUT2D eigenvalue weighted by Crippen LogP contribution is 2.27. The first kappa shape index (κ1) is 21.4. The smallest absolute Gasteiger partial charge is 0.269 e. The Morgan fingerprint density at radius 3 is 2.56 bits per heavy atom. The van der Waals surface area contributed by atoms with Crippen LogP contribution in [-0.4, -0.2) is 23.5 Å². The first-order valence-corrected chi connectivity index (χ1v) is 9.46. The highest BCUT2D eigenvalue weighted by atomic mass is 79.9. The number of aryl methyl sites for hydroxylation is 1. The molecule has 2 rings (SSSR count). The Bertz CT molecular complexity index is 896. The van der Waals surface area contributed by atoms with Gasteiger partial charge in [-0.3, -0.25) is 25.8 Å². The van der Waals surface area contributed by atoms with Gasteiger partial charge in [0.05, 0.1) is 5.02 Å². The molecule has 0 atom stereocenters. The van der Waals surface area contributed by atoms with E-state index in [4.69, 9.17) is 40.2 Å². The molecule has 0 aliphatic rings. The van der Waals surface area contributed by atoms with Crippen molar-refractivity contribution in [2.24, 2.45) is 0 Å². The highest BCUT2D eigenvalue weighted by molar-refractivity contribution is 9.10. The van der Waals surface area contributed by atoms with Gasteiger partial charge in [0, 0.05) is 15.1 Å². The maximum Gasteiger partial charge on any atom is 0.269 e. The van der Waals surface area contributed by atoms with E-state index in [1.54, 1.807) is 30.3 Å². The third kappa shape index (κ3) is 6.66. The summed E-state index contributed by atoms with van der Waals surface area (Å²) in [4.78, 5) is 23.9. The van der Waals surface area contributed by atoms with Gasteiger partial charge in [0.2, 0.25) is 0 Å². The number of hydrogen-bond acceptors (Lipinski definition) is 4. The normalized spacial score (nSPS) is 10.1. The van der Waals surface area contributed by atoms with Crippen molar-refractivity contribution in [3.05, 3.63) is 62.0 Å². The van der Waals surface area contributed by atoms with Gasteiger partial charge in [-0.2, -0.15) is 0 Å². The summed E-state index contributed by atoms with van der Waals surface area (Å²) in [7, 11) is 0. The molecule has 0 aliphatic carbocycles. The number of rotatable bonds is 4. The Balaban J connectivity index is 1.78. The van der Waals surface area contributed by atoms with E-state index in [1.807, 2.05) is 6.92 Å². The molecular weight excluding hydrogens is 477 g/mol. The number of halogens is 3. The van der Waals surface area contributed by atoms with Gasteiger partial charge in [-0.05, 0) is 55.0 Å². The van der Waals surface area contributed by atoms with Crippen LogP contribution in [0.2, 0.25) is 10.0 Å². The van der Waals surface area contributed by atoms with Gasteiger partial charge in [-0.15, -0.1) is 0 Å². The molecule has 142 valence electrons. The average Bonchev–Trinajstić information content (AvgIpc) is 2.61. The molecule has 3 N–H and O–H groups in total. The minimum atomic E-state index is -0.522. The Kier molecular flexibility index (Phi) is 7.85. The van der Waals surface area contributed by atoms with Crippen molar-refractivity contribution in [2.45, 2.75) is 6.92 Å². The number of benzene rings is 2. The highest BCUT2D eigenvalue weighted by Gasteiger charge is 2.10. The van der Waals surface area contributed by atoms with E-state index in [2.05, 4.69) is 32.1 Å². The van der Waals surface area contributed by atoms with Crippen molar-refractivity contribution in [1.29, 1.82) is 0 Å². The fraction of sp³-hybridized carbons (Fsp3) is 0.118. The first-order valence-electron chi connectivity index (χ1n) is 7.50. The Morgan fingerprint density at radius 2 is 1.89 bits per heavy atom. The van der Waals surface area contributed by atoms with Crippen molar-refractivity contribution in [2.75, 3.05) is 6.61 Å². The maximum absolute atomic E-state index is 12.1. The predicted octanol–water partition coefficient (Wildman–Crippen LogP) is 3.78. The van der Waals surface area contributed by atoms with Gasteiger partial charge in [-0.1, -0.05) is 45.2 Å². The van der Waals surface area contributed by atoms with E-state index in [-0.39, 0.29) is 16.7 Å². The summed E-state index contributed by atoms with van der Waals surface area (Å²) in [5, 5.41) is 3.03. The quantitative estimate of drug-likeness (QED) is 0.449. The standard InChI is InChI=1S/C17H14BrCl2N3O3S/c1-9-2-3-10(6-12(9)18)16(25)22-23-17(27)21-15(24)8-26-14-5-4-11(19)7-13(14)20/h2-7H,8H2,1H3,(H,22,25)(H2,21,23,24,27). The second kappa shape index (κ2) is 9.89. The summed E-state index contributed by atoms with van der Waals surface area (Å²) in [6.07, 6.45) is 0. The molecule has 2 amide bonds. The van der Waals surface area contributed by atoms with Crippen LogP contribution in [0.5, 0.6) is 5.75 Å². The van der Waals surface area contributed by atoms with Gasteiger partial charge in [0.15, 0.2) is 11.7 Å². The summed E-state index contributed by atoms with van der Waals surface area (Å²) in [6, 6.07) is 9.79. The Morgan fingerprint density at radius 1 is 1.15 bits per heavy atom. The average molecular weight is 491 g/mol. The number of thiocarbonyl (C=S) groups is 1. The van der Waals surface area contributed by atoms with E-state index in [9.17, 15) is 9.59 Å². The zero-order chi connectivity index (χ0) is 20.0. The Hall–Kier alpha value is -1.87. The molecule has 27 heavy (non-hydrogen) atoms. The molecule has 0 fully saturated rings. The van der Waals surface area contributed by atoms with Crippen LogP contribution >= 0.6 is 51.3 Å². The molecule has 0 radical (unpaired) electrons. The van der Waals surface area contributed by atoms with Crippen molar-refractivity contribution in [3.8, 4) is 5.75 Å². The lowest BCUT2D eigenvalue weighted by atomic mass is 10.1. The molecule has 0 spiro atoms. The molecule has 0 heterocycles. The molecule has 2 aromatic rings. The lowest BCUT2D eigenvalue weighted by Crippen LogP contribution is -2.49. The summed E-state index contributed by atoms with van der Waals surface area (Å²) < 4.78 is 6.10. The van der Waals surface area contributed by atoms with Crippen LogP contribution in [0.25, 0.3) is 0 Å². The number of hydrogen-bond donors (Lipinski definition) is 3. The topological polar surface area (TPSA) is 79.5 Å². The molecule has 0 unspecified atom stereocenters. The van der Waals surface area contributed by atoms with Crippen LogP contribution in [-0.2, 0) is 4.79 Å². The molecule has 2 aromatic carbocycles. The SMILES string of the molecule is Cc1ccc(C(=O)NNC(=S)NC(=O)COc2ccc(Cl)cc2Cl)cc1Br. The maximum atomic E-state index is 12.1. The number of carbonyl (C=O) groups excluding carboxylic acids is 2. The van der Waals surface area contributed by atoms with Crippen LogP contribution in [0.3, 0.4) is 0 Å². The monoisotopic (exact) mass is 489 g/mol. The van der Waals surface area contributed by atoms with Crippen molar-refractivity contribution in [3.63, 3.8) is 0 Å². The number of carbonyl (C=O) groups is 2. The van der Waals surface area contributed by atoms with Gasteiger partial charge in [0.25, 0.3) is 11.8 Å². The van der Waals surface area contributed by atoms with Crippen LogP contribution in [0, 0.1) is 6.92 Å². The van der Waals surface area contributed by atoms with Gasteiger partial charge in [-0.25, -0.2) is 0 Å². The fourth-order valence-corrected chi connectivity index (χ4v) is 2.86. The van der Waals surface area contributed by atoms with E-state index in [1.165, 1.54) is 6.07 Å². The van der Waals surface area contributed by atoms with Crippen molar-refractivity contribution < 1.29 is 14.3 Å². The van der Waals surface area contributed by atoms with Crippen molar-refractivity contribution >= 4 is 68.3 Å². The third-order valence-electron chi connectivity index (χ3n) is 3.23. The molecule has 6 nitrogen and oxygen atoms in total. The van der Waals surface area contributed by atoms with Gasteiger partial charge < -0.3 is 4.74 Å². The first-order chi connectivity index (χ1) is 12.8. The van der Waals surface area contributed by atoms with Gasteiger partial charge >= 0.3 is 0 Å². The molecule has 0 aromatic heterocycles. The molecule has 0 saturated carbocycles. The lowest BCUT2D eigenvalue weighted by Gasteiger charge is -2.12. The summed E-state index contributed by atoms with van der Waals surface area (Å²) in [5.74, 6) is -0.615. The van der Waals surface area contributed by atoms with Crippen LogP contribution < -0.4 is 20.9 Å². The fourth-order valence-electron chi connectivity index (χ4n) is 1.85. The van der Waals surface area contributed by atoms with E-state index in [0.29, 0.717) is 16.3 Å².